The number of amides is 1. The first-order chi connectivity index (χ1) is 17.4. The fraction of sp³-hybridized carbons (Fsp3) is 0.185. The molecule has 0 spiro atoms. The van der Waals surface area contributed by atoms with Crippen molar-refractivity contribution in [1.82, 2.24) is 0 Å². The Balaban J connectivity index is 1.52. The monoisotopic (exact) mass is 506 g/mol. The molecule has 1 heterocycles. The topological polar surface area (TPSA) is 93.2 Å². The number of rotatable bonds is 9. The minimum absolute atomic E-state index is 0.0107. The summed E-state index contributed by atoms with van der Waals surface area (Å²) in [6.45, 7) is 3.72. The molecular weight excluding hydrogens is 480 g/mol. The van der Waals surface area contributed by atoms with Crippen LogP contribution in [0.25, 0.3) is 0 Å². The maximum absolute atomic E-state index is 13.5. The second kappa shape index (κ2) is 10.7. The van der Waals surface area contributed by atoms with E-state index >= 15 is 0 Å². The van der Waals surface area contributed by atoms with Crippen LogP contribution in [0.3, 0.4) is 0 Å². The molecule has 3 aromatic carbocycles. The van der Waals surface area contributed by atoms with Crippen LogP contribution < -0.4 is 13.9 Å². The maximum atomic E-state index is 13.5. The Morgan fingerprint density at radius 1 is 1.06 bits per heavy atom. The molecule has 0 atom stereocenters. The molecule has 0 unspecified atom stereocenters. The van der Waals surface area contributed by atoms with Crippen molar-refractivity contribution in [3.05, 3.63) is 96.6 Å². The average Bonchev–Trinajstić information content (AvgIpc) is 3.34. The highest BCUT2D eigenvalue weighted by Gasteiger charge is 2.28. The number of carbonyl (C=O) groups is 2. The Morgan fingerprint density at radius 2 is 1.81 bits per heavy atom. The molecule has 0 radical (unpaired) electrons. The third-order valence-corrected chi connectivity index (χ3v) is 7.60. The van der Waals surface area contributed by atoms with Gasteiger partial charge in [-0.1, -0.05) is 42.5 Å². The molecule has 1 aliphatic rings. The molecule has 0 saturated heterocycles. The lowest BCUT2D eigenvalue weighted by molar-refractivity contribution is -0.121. The molecule has 0 bridgehead atoms. The zero-order valence-electron chi connectivity index (χ0n) is 19.8. The zero-order valence-corrected chi connectivity index (χ0v) is 20.6. The normalized spacial score (nSPS) is 12.5. The van der Waals surface area contributed by atoms with Crippen LogP contribution in [0.2, 0.25) is 0 Å². The molecule has 0 N–H and O–H groups in total. The summed E-state index contributed by atoms with van der Waals surface area (Å²) in [4.78, 5) is 26.9. The van der Waals surface area contributed by atoms with Gasteiger partial charge in [0, 0.05) is 12.2 Å². The van der Waals surface area contributed by atoms with Gasteiger partial charge in [0.15, 0.2) is 6.61 Å². The Labute approximate surface area is 210 Å². The van der Waals surface area contributed by atoms with Crippen LogP contribution in [0.5, 0.6) is 5.75 Å². The van der Waals surface area contributed by atoms with Gasteiger partial charge < -0.3 is 14.4 Å². The number of anilines is 2. The Kier molecular flexibility index (Phi) is 7.40. The number of carbonyl (C=O) groups excluding carboxylic acids is 2. The van der Waals surface area contributed by atoms with Crippen LogP contribution in [0, 0.1) is 0 Å². The standard InChI is InChI=1S/C27H26N2O6S/c1-3-16-29(24-13-6-7-14-25(24)34-2)36(32,33)22-11-8-10-21(18-22)27(31)35-19-26(30)28-17-15-20-9-4-5-12-23(20)28/h3-14,18H,1,15-17,19H2,2H3. The van der Waals surface area contributed by atoms with Crippen molar-refractivity contribution >= 4 is 33.3 Å². The Bertz CT molecular complexity index is 1400. The van der Waals surface area contributed by atoms with Gasteiger partial charge in [-0.25, -0.2) is 13.2 Å². The van der Waals surface area contributed by atoms with Gasteiger partial charge in [-0.05, 0) is 48.4 Å². The van der Waals surface area contributed by atoms with E-state index in [-0.39, 0.29) is 22.9 Å². The minimum atomic E-state index is -4.08. The van der Waals surface area contributed by atoms with E-state index in [1.807, 2.05) is 24.3 Å². The van der Waals surface area contributed by atoms with E-state index in [4.69, 9.17) is 9.47 Å². The summed E-state index contributed by atoms with van der Waals surface area (Å²) in [6, 6.07) is 19.8. The van der Waals surface area contributed by atoms with E-state index in [1.165, 1.54) is 37.5 Å². The number of fused-ring (bicyclic) bond motifs is 1. The smallest absolute Gasteiger partial charge is 0.338 e. The average molecular weight is 507 g/mol. The van der Waals surface area contributed by atoms with Crippen molar-refractivity contribution in [2.45, 2.75) is 11.3 Å². The van der Waals surface area contributed by atoms with Crippen LogP contribution in [0.1, 0.15) is 15.9 Å². The van der Waals surface area contributed by atoms with Crippen molar-refractivity contribution in [1.29, 1.82) is 0 Å². The van der Waals surface area contributed by atoms with Gasteiger partial charge in [-0.3, -0.25) is 9.10 Å². The van der Waals surface area contributed by atoms with E-state index in [0.717, 1.165) is 22.0 Å². The molecule has 8 nitrogen and oxygen atoms in total. The predicted molar refractivity (Wildman–Crippen MR) is 137 cm³/mol. The largest absolute Gasteiger partial charge is 0.495 e. The molecule has 3 aromatic rings. The molecule has 0 saturated carbocycles. The summed E-state index contributed by atoms with van der Waals surface area (Å²) in [6.07, 6.45) is 2.20. The van der Waals surface area contributed by atoms with Crippen LogP contribution in [0.15, 0.2) is 90.3 Å². The SMILES string of the molecule is C=CCN(c1ccccc1OC)S(=O)(=O)c1cccc(C(=O)OCC(=O)N2CCc3ccccc32)c1. The van der Waals surface area contributed by atoms with Crippen molar-refractivity contribution in [3.8, 4) is 5.75 Å². The minimum Gasteiger partial charge on any atom is -0.495 e. The first-order valence-corrected chi connectivity index (χ1v) is 12.7. The van der Waals surface area contributed by atoms with Gasteiger partial charge in [0.05, 0.1) is 29.8 Å². The number of ether oxygens (including phenoxy) is 2. The van der Waals surface area contributed by atoms with Crippen molar-refractivity contribution in [3.63, 3.8) is 0 Å². The van der Waals surface area contributed by atoms with Crippen LogP contribution >= 0.6 is 0 Å². The lowest BCUT2D eigenvalue weighted by atomic mass is 10.2. The van der Waals surface area contributed by atoms with Crippen molar-refractivity contribution in [2.75, 3.05) is 36.0 Å². The second-order valence-electron chi connectivity index (χ2n) is 8.02. The number of methoxy groups -OCH3 is 1. The summed E-state index contributed by atoms with van der Waals surface area (Å²) in [5.41, 5.74) is 2.23. The number of sulfonamides is 1. The van der Waals surface area contributed by atoms with Crippen molar-refractivity contribution in [2.24, 2.45) is 0 Å². The molecule has 186 valence electrons. The summed E-state index contributed by atoms with van der Waals surface area (Å²) >= 11 is 0. The van der Waals surface area contributed by atoms with Crippen molar-refractivity contribution < 1.29 is 27.5 Å². The molecule has 1 amide bonds. The summed E-state index contributed by atoms with van der Waals surface area (Å²) in [7, 11) is -2.63. The maximum Gasteiger partial charge on any atom is 0.338 e. The zero-order chi connectivity index (χ0) is 25.7. The molecule has 1 aliphatic heterocycles. The van der Waals surface area contributed by atoms with Gasteiger partial charge in [0.25, 0.3) is 15.9 Å². The fourth-order valence-electron chi connectivity index (χ4n) is 4.08. The van der Waals surface area contributed by atoms with Crippen LogP contribution in [-0.4, -0.2) is 47.1 Å². The van der Waals surface area contributed by atoms with E-state index in [2.05, 4.69) is 6.58 Å². The summed E-state index contributed by atoms with van der Waals surface area (Å²) < 4.78 is 38.8. The van der Waals surface area contributed by atoms with Gasteiger partial charge in [-0.15, -0.1) is 6.58 Å². The van der Waals surface area contributed by atoms with Crippen LogP contribution in [0.4, 0.5) is 11.4 Å². The number of hydrogen-bond donors (Lipinski definition) is 0. The first-order valence-electron chi connectivity index (χ1n) is 11.3. The molecule has 0 aliphatic carbocycles. The molecule has 0 fully saturated rings. The van der Waals surface area contributed by atoms with E-state index < -0.39 is 22.6 Å². The van der Waals surface area contributed by atoms with E-state index in [9.17, 15) is 18.0 Å². The first kappa shape index (κ1) is 25.0. The molecule has 0 aromatic heterocycles. The van der Waals surface area contributed by atoms with Gasteiger partial charge in [0.2, 0.25) is 0 Å². The molecular formula is C27H26N2O6S. The van der Waals surface area contributed by atoms with Crippen LogP contribution in [-0.2, 0) is 26.0 Å². The summed E-state index contributed by atoms with van der Waals surface area (Å²) in [5.74, 6) is -0.758. The van der Waals surface area contributed by atoms with Gasteiger partial charge in [-0.2, -0.15) is 0 Å². The second-order valence-corrected chi connectivity index (χ2v) is 9.89. The quantitative estimate of drug-likeness (QED) is 0.324. The highest BCUT2D eigenvalue weighted by molar-refractivity contribution is 7.92. The Morgan fingerprint density at radius 3 is 2.58 bits per heavy atom. The third-order valence-electron chi connectivity index (χ3n) is 5.82. The molecule has 4 rings (SSSR count). The number of benzene rings is 3. The number of hydrogen-bond acceptors (Lipinski definition) is 6. The lowest BCUT2D eigenvalue weighted by Crippen LogP contribution is -2.33. The van der Waals surface area contributed by atoms with E-state index in [1.54, 1.807) is 29.2 Å². The lowest BCUT2D eigenvalue weighted by Gasteiger charge is -2.25. The number of esters is 1. The number of nitrogens with zero attached hydrogens (tertiary/aromatic N) is 2. The summed E-state index contributed by atoms with van der Waals surface area (Å²) in [5, 5.41) is 0. The fourth-order valence-corrected chi connectivity index (χ4v) is 5.57. The number of para-hydroxylation sites is 3. The highest BCUT2D eigenvalue weighted by atomic mass is 32.2. The van der Waals surface area contributed by atoms with E-state index in [0.29, 0.717) is 18.0 Å². The van der Waals surface area contributed by atoms with Gasteiger partial charge in [0.1, 0.15) is 5.75 Å². The molecule has 9 heteroatoms. The Hall–Kier alpha value is -4.11. The third kappa shape index (κ3) is 4.96. The highest BCUT2D eigenvalue weighted by Crippen LogP contribution is 2.32. The van der Waals surface area contributed by atoms with Gasteiger partial charge >= 0.3 is 5.97 Å². The predicted octanol–water partition coefficient (Wildman–Crippen LogP) is 3.82. The molecule has 36 heavy (non-hydrogen) atoms.